The van der Waals surface area contributed by atoms with Gasteiger partial charge >= 0.3 is 0 Å². The number of hydrogen-bond acceptors (Lipinski definition) is 4. The molecular formula is C16H24N6O. The molecule has 1 aliphatic heterocycles. The molecule has 3 rings (SSSR count). The molecule has 0 spiro atoms. The fourth-order valence-corrected chi connectivity index (χ4v) is 2.99. The summed E-state index contributed by atoms with van der Waals surface area (Å²) in [5.74, 6) is 0.144. The molecule has 0 atom stereocenters. The number of hydrogen-bond donors (Lipinski definition) is 0. The molecule has 7 heteroatoms. The third kappa shape index (κ3) is 3.79. The lowest BCUT2D eigenvalue weighted by Gasteiger charge is -2.34. The molecule has 2 aromatic heterocycles. The Morgan fingerprint density at radius 1 is 1.17 bits per heavy atom. The zero-order valence-corrected chi connectivity index (χ0v) is 14.1. The third-order valence-corrected chi connectivity index (χ3v) is 4.31. The topological polar surface area (TPSA) is 59.2 Å². The highest BCUT2D eigenvalue weighted by Crippen LogP contribution is 2.11. The summed E-state index contributed by atoms with van der Waals surface area (Å²) in [6.07, 6.45) is 3.93. The normalized spacial score (nSPS) is 16.0. The molecule has 0 bridgehead atoms. The first kappa shape index (κ1) is 15.7. The van der Waals surface area contributed by atoms with Crippen LogP contribution in [-0.2, 0) is 24.9 Å². The van der Waals surface area contributed by atoms with E-state index in [0.717, 1.165) is 44.1 Å². The molecule has 0 unspecified atom stereocenters. The van der Waals surface area contributed by atoms with Crippen LogP contribution < -0.4 is 0 Å². The van der Waals surface area contributed by atoms with E-state index in [1.54, 1.807) is 4.68 Å². The Hall–Kier alpha value is -2.15. The van der Waals surface area contributed by atoms with Crippen LogP contribution in [0.15, 0.2) is 18.5 Å². The summed E-state index contributed by atoms with van der Waals surface area (Å²) in [6.45, 7) is 8.56. The molecule has 2 aromatic rings. The number of amides is 1. The summed E-state index contributed by atoms with van der Waals surface area (Å²) in [6, 6.07) is 1.92. The molecule has 1 saturated heterocycles. The predicted molar refractivity (Wildman–Crippen MR) is 86.8 cm³/mol. The smallest absolute Gasteiger partial charge is 0.244 e. The molecule has 0 saturated carbocycles. The molecule has 23 heavy (non-hydrogen) atoms. The van der Waals surface area contributed by atoms with E-state index in [9.17, 15) is 4.79 Å². The minimum absolute atomic E-state index is 0.144. The maximum Gasteiger partial charge on any atom is 0.244 e. The Labute approximate surface area is 136 Å². The van der Waals surface area contributed by atoms with Gasteiger partial charge in [-0.2, -0.15) is 10.2 Å². The maximum absolute atomic E-state index is 12.3. The van der Waals surface area contributed by atoms with Crippen molar-refractivity contribution in [1.82, 2.24) is 29.4 Å². The molecule has 3 heterocycles. The second-order valence-electron chi connectivity index (χ2n) is 6.23. The monoisotopic (exact) mass is 316 g/mol. The summed E-state index contributed by atoms with van der Waals surface area (Å²) in [5, 5.41) is 8.66. The molecule has 0 aliphatic carbocycles. The van der Waals surface area contributed by atoms with E-state index < -0.39 is 0 Å². The maximum atomic E-state index is 12.3. The zero-order valence-electron chi connectivity index (χ0n) is 14.1. The SMILES string of the molecule is Cc1ccn(CC(=O)N2CCN(Cc3cn(C)nc3C)CC2)n1. The van der Waals surface area contributed by atoms with Crippen LogP contribution in [-0.4, -0.2) is 61.4 Å². The fourth-order valence-electron chi connectivity index (χ4n) is 2.99. The highest BCUT2D eigenvalue weighted by molar-refractivity contribution is 5.76. The van der Waals surface area contributed by atoms with Gasteiger partial charge in [0, 0.05) is 57.7 Å². The van der Waals surface area contributed by atoms with Crippen molar-refractivity contribution < 1.29 is 4.79 Å². The minimum atomic E-state index is 0.144. The van der Waals surface area contributed by atoms with Gasteiger partial charge in [0.25, 0.3) is 0 Å². The van der Waals surface area contributed by atoms with Crippen LogP contribution in [0.4, 0.5) is 0 Å². The molecule has 0 N–H and O–H groups in total. The van der Waals surface area contributed by atoms with Crippen molar-refractivity contribution in [2.45, 2.75) is 26.9 Å². The third-order valence-electron chi connectivity index (χ3n) is 4.31. The molecule has 0 aromatic carbocycles. The Morgan fingerprint density at radius 3 is 2.48 bits per heavy atom. The summed E-state index contributed by atoms with van der Waals surface area (Å²) < 4.78 is 3.57. The second kappa shape index (κ2) is 6.54. The standard InChI is InChI=1S/C16H24N6O/c1-13-4-5-22(17-13)12-16(23)21-8-6-20(7-9-21)11-15-10-19(3)18-14(15)2/h4-5,10H,6-9,11-12H2,1-3H3. The highest BCUT2D eigenvalue weighted by Gasteiger charge is 2.22. The zero-order chi connectivity index (χ0) is 16.4. The summed E-state index contributed by atoms with van der Waals surface area (Å²) in [4.78, 5) is 16.6. The molecule has 1 fully saturated rings. The highest BCUT2D eigenvalue weighted by atomic mass is 16.2. The van der Waals surface area contributed by atoms with E-state index >= 15 is 0 Å². The van der Waals surface area contributed by atoms with Crippen LogP contribution in [0.1, 0.15) is 17.0 Å². The molecule has 124 valence electrons. The van der Waals surface area contributed by atoms with Gasteiger partial charge in [0.15, 0.2) is 0 Å². The Morgan fingerprint density at radius 2 is 1.91 bits per heavy atom. The number of rotatable bonds is 4. The van der Waals surface area contributed by atoms with Crippen molar-refractivity contribution in [1.29, 1.82) is 0 Å². The van der Waals surface area contributed by atoms with Crippen LogP contribution >= 0.6 is 0 Å². The van der Waals surface area contributed by atoms with Gasteiger partial charge in [-0.25, -0.2) is 0 Å². The van der Waals surface area contributed by atoms with Crippen LogP contribution in [0.2, 0.25) is 0 Å². The number of carbonyl (C=O) groups excluding carboxylic acids is 1. The Kier molecular flexibility index (Phi) is 4.47. The Balaban J connectivity index is 1.50. The van der Waals surface area contributed by atoms with Gasteiger partial charge in [0.2, 0.25) is 5.91 Å². The first-order valence-electron chi connectivity index (χ1n) is 8.00. The molecular weight excluding hydrogens is 292 g/mol. The Bertz CT molecular complexity index is 681. The lowest BCUT2D eigenvalue weighted by atomic mass is 10.2. The van der Waals surface area contributed by atoms with E-state index in [0.29, 0.717) is 6.54 Å². The first-order chi connectivity index (χ1) is 11.0. The number of carbonyl (C=O) groups is 1. The first-order valence-corrected chi connectivity index (χ1v) is 8.00. The molecule has 1 aliphatic rings. The van der Waals surface area contributed by atoms with Gasteiger partial charge in [-0.05, 0) is 19.9 Å². The molecule has 7 nitrogen and oxygen atoms in total. The van der Waals surface area contributed by atoms with Crippen LogP contribution in [0.5, 0.6) is 0 Å². The van der Waals surface area contributed by atoms with Gasteiger partial charge in [-0.1, -0.05) is 0 Å². The van der Waals surface area contributed by atoms with Gasteiger partial charge in [-0.3, -0.25) is 19.1 Å². The largest absolute Gasteiger partial charge is 0.339 e. The number of aryl methyl sites for hydroxylation is 3. The van der Waals surface area contributed by atoms with Crippen molar-refractivity contribution >= 4 is 5.91 Å². The number of piperazine rings is 1. The molecule has 1 amide bonds. The van der Waals surface area contributed by atoms with Crippen molar-refractivity contribution in [3.05, 3.63) is 35.4 Å². The number of aromatic nitrogens is 4. The van der Waals surface area contributed by atoms with Crippen LogP contribution in [0, 0.1) is 13.8 Å². The molecule has 0 radical (unpaired) electrons. The van der Waals surface area contributed by atoms with Crippen LogP contribution in [0.3, 0.4) is 0 Å². The van der Waals surface area contributed by atoms with E-state index in [1.165, 1.54) is 5.56 Å². The van der Waals surface area contributed by atoms with E-state index in [-0.39, 0.29) is 5.91 Å². The van der Waals surface area contributed by atoms with E-state index in [1.807, 2.05) is 42.7 Å². The van der Waals surface area contributed by atoms with E-state index in [2.05, 4.69) is 21.3 Å². The summed E-state index contributed by atoms with van der Waals surface area (Å²) in [5.41, 5.74) is 3.29. The fraction of sp³-hybridized carbons (Fsp3) is 0.562. The van der Waals surface area contributed by atoms with Crippen molar-refractivity contribution in [2.24, 2.45) is 7.05 Å². The predicted octanol–water partition coefficient (Wildman–Crippen LogP) is 0.578. The van der Waals surface area contributed by atoms with Crippen molar-refractivity contribution in [3.63, 3.8) is 0 Å². The van der Waals surface area contributed by atoms with Crippen molar-refractivity contribution in [3.8, 4) is 0 Å². The van der Waals surface area contributed by atoms with Crippen LogP contribution in [0.25, 0.3) is 0 Å². The van der Waals surface area contributed by atoms with Gasteiger partial charge in [0.1, 0.15) is 6.54 Å². The average molecular weight is 316 g/mol. The van der Waals surface area contributed by atoms with Gasteiger partial charge in [0.05, 0.1) is 11.4 Å². The quantitative estimate of drug-likeness (QED) is 0.828. The number of nitrogens with zero attached hydrogens (tertiary/aromatic N) is 6. The average Bonchev–Trinajstić information content (AvgIpc) is 3.05. The van der Waals surface area contributed by atoms with E-state index in [4.69, 9.17) is 0 Å². The lowest BCUT2D eigenvalue weighted by molar-refractivity contribution is -0.133. The second-order valence-corrected chi connectivity index (χ2v) is 6.23. The van der Waals surface area contributed by atoms with Crippen molar-refractivity contribution in [2.75, 3.05) is 26.2 Å². The summed E-state index contributed by atoms with van der Waals surface area (Å²) in [7, 11) is 1.95. The summed E-state index contributed by atoms with van der Waals surface area (Å²) >= 11 is 0. The lowest BCUT2D eigenvalue weighted by Crippen LogP contribution is -2.49. The van der Waals surface area contributed by atoms with Gasteiger partial charge < -0.3 is 4.90 Å². The van der Waals surface area contributed by atoms with Gasteiger partial charge in [-0.15, -0.1) is 0 Å². The minimum Gasteiger partial charge on any atom is -0.339 e.